The lowest BCUT2D eigenvalue weighted by Crippen LogP contribution is -2.05. The van der Waals surface area contributed by atoms with E-state index in [0.717, 1.165) is 22.5 Å². The fraction of sp³-hybridized carbons (Fsp3) is 0.0769. The lowest BCUT2D eigenvalue weighted by atomic mass is 10.3. The Morgan fingerprint density at radius 1 is 1.14 bits per heavy atom. The highest BCUT2D eigenvalue weighted by Gasteiger charge is 2.30. The van der Waals surface area contributed by atoms with Crippen molar-refractivity contribution in [3.05, 3.63) is 42.1 Å². The summed E-state index contributed by atoms with van der Waals surface area (Å²) in [5.74, 6) is 0.540. The minimum absolute atomic E-state index is 0.0832. The van der Waals surface area contributed by atoms with Crippen LogP contribution < -0.4 is 10.5 Å². The summed E-state index contributed by atoms with van der Waals surface area (Å²) in [5.41, 5.74) is 5.52. The van der Waals surface area contributed by atoms with Crippen LogP contribution in [0.3, 0.4) is 0 Å². The van der Waals surface area contributed by atoms with Crippen molar-refractivity contribution in [3.63, 3.8) is 0 Å². The van der Waals surface area contributed by atoms with Crippen LogP contribution in [0.2, 0.25) is 0 Å². The van der Waals surface area contributed by atoms with Gasteiger partial charge in [0.05, 0.1) is 15.8 Å². The number of nitrogen functional groups attached to an aromatic ring is 1. The van der Waals surface area contributed by atoms with Gasteiger partial charge in [0.15, 0.2) is 5.13 Å². The van der Waals surface area contributed by atoms with Crippen LogP contribution in [0.4, 0.5) is 18.3 Å². The molecule has 108 valence electrons. The van der Waals surface area contributed by atoms with Gasteiger partial charge in [0.1, 0.15) is 5.75 Å². The maximum atomic E-state index is 12.4. The summed E-state index contributed by atoms with van der Waals surface area (Å²) in [6.07, 6.45) is -3.68. The van der Waals surface area contributed by atoms with Gasteiger partial charge in [-0.3, -0.25) is 0 Å². The molecular weight excluding hydrogens is 303 g/mol. The summed E-state index contributed by atoms with van der Waals surface area (Å²) < 4.78 is 43.5. The van der Waals surface area contributed by atoms with Gasteiger partial charge in [-0.25, -0.2) is 9.97 Å². The van der Waals surface area contributed by atoms with E-state index >= 15 is 0 Å². The molecule has 0 aliphatic carbocycles. The van der Waals surface area contributed by atoms with E-state index in [9.17, 15) is 13.2 Å². The molecular formula is C13H8F3N3OS. The maximum absolute atomic E-state index is 12.4. The van der Waals surface area contributed by atoms with Gasteiger partial charge in [0, 0.05) is 18.3 Å². The zero-order valence-electron chi connectivity index (χ0n) is 10.4. The lowest BCUT2D eigenvalue weighted by Gasteiger charge is -2.07. The first-order valence-corrected chi connectivity index (χ1v) is 6.61. The fourth-order valence-corrected chi connectivity index (χ4v) is 2.48. The number of pyridine rings is 1. The molecule has 0 bridgehead atoms. The highest BCUT2D eigenvalue weighted by Crippen LogP contribution is 2.31. The summed E-state index contributed by atoms with van der Waals surface area (Å²) in [6.45, 7) is 0. The van der Waals surface area contributed by atoms with E-state index in [-0.39, 0.29) is 5.88 Å². The molecule has 0 saturated heterocycles. The van der Waals surface area contributed by atoms with Crippen LogP contribution in [0.1, 0.15) is 5.56 Å². The number of rotatable bonds is 2. The van der Waals surface area contributed by atoms with Gasteiger partial charge in [-0.15, -0.1) is 0 Å². The number of halogens is 3. The molecule has 21 heavy (non-hydrogen) atoms. The van der Waals surface area contributed by atoms with Crippen molar-refractivity contribution in [3.8, 4) is 11.6 Å². The second kappa shape index (κ2) is 4.88. The van der Waals surface area contributed by atoms with Crippen LogP contribution in [0.15, 0.2) is 36.5 Å². The highest BCUT2D eigenvalue weighted by atomic mass is 32.1. The summed E-state index contributed by atoms with van der Waals surface area (Å²) in [5, 5.41) is 0.440. The largest absolute Gasteiger partial charge is 0.439 e. The van der Waals surface area contributed by atoms with Crippen molar-refractivity contribution < 1.29 is 17.9 Å². The van der Waals surface area contributed by atoms with Crippen molar-refractivity contribution in [1.82, 2.24) is 9.97 Å². The van der Waals surface area contributed by atoms with Crippen molar-refractivity contribution in [1.29, 1.82) is 0 Å². The molecule has 8 heteroatoms. The van der Waals surface area contributed by atoms with Gasteiger partial charge in [-0.05, 0) is 18.2 Å². The van der Waals surface area contributed by atoms with Gasteiger partial charge in [-0.2, -0.15) is 13.2 Å². The normalized spacial score (nSPS) is 11.8. The molecule has 3 rings (SSSR count). The Labute approximate surface area is 121 Å². The number of nitrogens with zero attached hydrogens (tertiary/aromatic N) is 2. The van der Waals surface area contributed by atoms with Crippen molar-refractivity contribution in [2.75, 3.05) is 5.73 Å². The monoisotopic (exact) mass is 311 g/mol. The summed E-state index contributed by atoms with van der Waals surface area (Å²) >= 11 is 1.30. The van der Waals surface area contributed by atoms with E-state index in [4.69, 9.17) is 10.5 Å². The number of benzene rings is 1. The number of alkyl halides is 3. The van der Waals surface area contributed by atoms with Gasteiger partial charge in [0.25, 0.3) is 0 Å². The molecule has 0 unspecified atom stereocenters. The third kappa shape index (κ3) is 2.89. The van der Waals surface area contributed by atoms with Crippen LogP contribution in [0.5, 0.6) is 11.6 Å². The fourth-order valence-electron chi connectivity index (χ4n) is 1.72. The van der Waals surface area contributed by atoms with Crippen LogP contribution >= 0.6 is 11.3 Å². The van der Waals surface area contributed by atoms with E-state index in [0.29, 0.717) is 10.9 Å². The quantitative estimate of drug-likeness (QED) is 0.774. The third-order valence-corrected chi connectivity index (χ3v) is 3.51. The first-order chi connectivity index (χ1) is 9.91. The van der Waals surface area contributed by atoms with Crippen molar-refractivity contribution >= 4 is 26.7 Å². The van der Waals surface area contributed by atoms with Gasteiger partial charge in [0.2, 0.25) is 5.88 Å². The minimum atomic E-state index is -4.41. The van der Waals surface area contributed by atoms with E-state index in [1.165, 1.54) is 17.4 Å². The zero-order valence-corrected chi connectivity index (χ0v) is 11.2. The number of thiazole rings is 1. The molecule has 1 aromatic carbocycles. The van der Waals surface area contributed by atoms with E-state index in [1.54, 1.807) is 18.2 Å². The smallest absolute Gasteiger partial charge is 0.417 e. The Bertz CT molecular complexity index is 783. The average Bonchev–Trinajstić information content (AvgIpc) is 2.78. The molecule has 0 aliphatic heterocycles. The molecule has 2 aromatic heterocycles. The number of anilines is 1. The SMILES string of the molecule is Nc1nc2ccc(Oc3ccc(C(F)(F)F)cn3)cc2s1. The molecule has 4 nitrogen and oxygen atoms in total. The van der Waals surface area contributed by atoms with Gasteiger partial charge >= 0.3 is 6.18 Å². The standard InChI is InChI=1S/C13H8F3N3OS/c14-13(15,16)7-1-4-11(18-6-7)20-8-2-3-9-10(5-8)21-12(17)19-9/h1-6H,(H2,17,19). The second-order valence-electron chi connectivity index (χ2n) is 4.17. The van der Waals surface area contributed by atoms with Crippen LogP contribution in [-0.4, -0.2) is 9.97 Å². The number of nitrogens with two attached hydrogens (primary N) is 1. The maximum Gasteiger partial charge on any atom is 0.417 e. The Morgan fingerprint density at radius 3 is 2.62 bits per heavy atom. The van der Waals surface area contributed by atoms with Crippen molar-refractivity contribution in [2.24, 2.45) is 0 Å². The minimum Gasteiger partial charge on any atom is -0.439 e. The first-order valence-electron chi connectivity index (χ1n) is 5.79. The van der Waals surface area contributed by atoms with Crippen LogP contribution in [-0.2, 0) is 6.18 Å². The van der Waals surface area contributed by atoms with E-state index < -0.39 is 11.7 Å². The third-order valence-electron chi connectivity index (χ3n) is 2.66. The van der Waals surface area contributed by atoms with E-state index in [2.05, 4.69) is 9.97 Å². The van der Waals surface area contributed by atoms with Crippen molar-refractivity contribution in [2.45, 2.75) is 6.18 Å². The molecule has 0 fully saturated rings. The number of hydrogen-bond donors (Lipinski definition) is 1. The molecule has 0 atom stereocenters. The summed E-state index contributed by atoms with van der Waals surface area (Å²) in [7, 11) is 0. The number of hydrogen-bond acceptors (Lipinski definition) is 5. The van der Waals surface area contributed by atoms with E-state index in [1.807, 2.05) is 0 Å². The first kappa shape index (κ1) is 13.6. The Kier molecular flexibility index (Phi) is 3.17. The molecule has 0 saturated carbocycles. The van der Waals surface area contributed by atoms with Gasteiger partial charge < -0.3 is 10.5 Å². The average molecular weight is 311 g/mol. The number of ether oxygens (including phenoxy) is 1. The predicted molar refractivity (Wildman–Crippen MR) is 73.3 cm³/mol. The summed E-state index contributed by atoms with van der Waals surface area (Å²) in [4.78, 5) is 7.75. The second-order valence-corrected chi connectivity index (χ2v) is 5.23. The topological polar surface area (TPSA) is 61.0 Å². The molecule has 2 heterocycles. The molecule has 3 aromatic rings. The Morgan fingerprint density at radius 2 is 1.95 bits per heavy atom. The molecule has 0 aliphatic rings. The summed E-state index contributed by atoms with van der Waals surface area (Å²) in [6, 6.07) is 7.19. The molecule has 0 amide bonds. The molecule has 0 spiro atoms. The molecule has 0 radical (unpaired) electrons. The number of fused-ring (bicyclic) bond motifs is 1. The lowest BCUT2D eigenvalue weighted by molar-refractivity contribution is -0.137. The zero-order chi connectivity index (χ0) is 15.0. The Hall–Kier alpha value is -2.35. The predicted octanol–water partition coefficient (Wildman–Crippen LogP) is 4.08. The van der Waals surface area contributed by atoms with Crippen LogP contribution in [0.25, 0.3) is 10.2 Å². The molecule has 2 N–H and O–H groups in total. The van der Waals surface area contributed by atoms with Gasteiger partial charge in [-0.1, -0.05) is 11.3 Å². The van der Waals surface area contributed by atoms with Crippen LogP contribution in [0, 0.1) is 0 Å². The number of aromatic nitrogens is 2. The Balaban J connectivity index is 1.84. The highest BCUT2D eigenvalue weighted by molar-refractivity contribution is 7.22.